The van der Waals surface area contributed by atoms with Gasteiger partial charge in [0.05, 0.1) is 12.7 Å². The molecule has 1 aromatic carbocycles. The Balaban J connectivity index is 3.10. The van der Waals surface area contributed by atoms with Crippen molar-refractivity contribution in [2.24, 2.45) is 5.73 Å². The second-order valence-electron chi connectivity index (χ2n) is 7.00. The molecule has 0 saturated carbocycles. The third-order valence-corrected chi connectivity index (χ3v) is 3.91. The van der Waals surface area contributed by atoms with Crippen molar-refractivity contribution in [3.8, 4) is 5.75 Å². The predicted octanol–water partition coefficient (Wildman–Crippen LogP) is 3.58. The lowest BCUT2D eigenvalue weighted by molar-refractivity contribution is 0.134. The molecule has 0 aliphatic heterocycles. The topological polar surface area (TPSA) is 55.5 Å². The van der Waals surface area contributed by atoms with Crippen LogP contribution in [0.1, 0.15) is 65.0 Å². The molecule has 0 aliphatic carbocycles. The van der Waals surface area contributed by atoms with E-state index in [-0.39, 0.29) is 17.4 Å². The van der Waals surface area contributed by atoms with Crippen LogP contribution < -0.4 is 10.5 Å². The first-order valence-electron chi connectivity index (χ1n) is 7.87. The quantitative estimate of drug-likeness (QED) is 0.843. The lowest BCUT2D eigenvalue weighted by atomic mass is 9.83. The lowest BCUT2D eigenvalue weighted by Gasteiger charge is -2.25. The summed E-state index contributed by atoms with van der Waals surface area (Å²) in [5, 5.41) is 10.0. The molecule has 0 aliphatic rings. The highest BCUT2D eigenvalue weighted by atomic mass is 16.5. The van der Waals surface area contributed by atoms with Gasteiger partial charge in [0.2, 0.25) is 0 Å². The summed E-state index contributed by atoms with van der Waals surface area (Å²) in [6.07, 6.45) is 0.151. The third-order valence-electron chi connectivity index (χ3n) is 3.91. The van der Waals surface area contributed by atoms with E-state index in [2.05, 4.69) is 39.8 Å². The molecule has 1 rings (SSSR count). The molecule has 120 valence electrons. The molecule has 0 aromatic heterocycles. The standard InChI is InChI=1S/C18H31NO2/c1-7-21-17-9-8-14(18(4,5)6)11-15(17)12(2)10-16(20)13(3)19/h8-9,11-13,16,20H,7,10,19H2,1-6H3. The maximum absolute atomic E-state index is 10.0. The number of benzene rings is 1. The molecule has 3 atom stereocenters. The van der Waals surface area contributed by atoms with Crippen molar-refractivity contribution < 1.29 is 9.84 Å². The van der Waals surface area contributed by atoms with Gasteiger partial charge in [-0.25, -0.2) is 0 Å². The van der Waals surface area contributed by atoms with E-state index in [0.29, 0.717) is 13.0 Å². The molecular weight excluding hydrogens is 262 g/mol. The van der Waals surface area contributed by atoms with E-state index < -0.39 is 6.10 Å². The van der Waals surface area contributed by atoms with Crippen LogP contribution in [-0.4, -0.2) is 23.9 Å². The van der Waals surface area contributed by atoms with Crippen molar-refractivity contribution in [2.75, 3.05) is 6.61 Å². The monoisotopic (exact) mass is 293 g/mol. The van der Waals surface area contributed by atoms with Crippen molar-refractivity contribution in [3.63, 3.8) is 0 Å². The molecule has 0 spiro atoms. The molecule has 0 fully saturated rings. The highest BCUT2D eigenvalue weighted by Gasteiger charge is 2.21. The Morgan fingerprint density at radius 1 is 1.24 bits per heavy atom. The number of hydrogen-bond donors (Lipinski definition) is 2. The SMILES string of the molecule is CCOc1ccc(C(C)(C)C)cc1C(C)CC(O)C(C)N. The minimum Gasteiger partial charge on any atom is -0.494 e. The summed E-state index contributed by atoms with van der Waals surface area (Å²) in [6.45, 7) is 13.2. The average molecular weight is 293 g/mol. The van der Waals surface area contributed by atoms with E-state index in [0.717, 1.165) is 11.3 Å². The summed E-state index contributed by atoms with van der Waals surface area (Å²) in [5.74, 6) is 1.12. The van der Waals surface area contributed by atoms with Crippen LogP contribution in [0.4, 0.5) is 0 Å². The van der Waals surface area contributed by atoms with Gasteiger partial charge in [-0.15, -0.1) is 0 Å². The van der Waals surface area contributed by atoms with Gasteiger partial charge in [0.1, 0.15) is 5.75 Å². The van der Waals surface area contributed by atoms with Gasteiger partial charge < -0.3 is 15.6 Å². The van der Waals surface area contributed by atoms with E-state index in [9.17, 15) is 5.11 Å². The van der Waals surface area contributed by atoms with Crippen LogP contribution in [0.3, 0.4) is 0 Å². The Morgan fingerprint density at radius 2 is 1.86 bits per heavy atom. The van der Waals surface area contributed by atoms with Crippen LogP contribution in [0.2, 0.25) is 0 Å². The van der Waals surface area contributed by atoms with Crippen LogP contribution in [0.25, 0.3) is 0 Å². The van der Waals surface area contributed by atoms with Crippen molar-refractivity contribution in [2.45, 2.75) is 71.4 Å². The Hall–Kier alpha value is -1.06. The largest absolute Gasteiger partial charge is 0.494 e. The predicted molar refractivity (Wildman–Crippen MR) is 89.0 cm³/mol. The summed E-state index contributed by atoms with van der Waals surface area (Å²) in [6, 6.07) is 6.18. The van der Waals surface area contributed by atoms with Gasteiger partial charge in [-0.05, 0) is 48.8 Å². The Bertz CT molecular complexity index is 449. The Labute approximate surface area is 129 Å². The first-order valence-corrected chi connectivity index (χ1v) is 7.87. The molecule has 0 radical (unpaired) electrons. The number of rotatable bonds is 6. The minimum absolute atomic E-state index is 0.0962. The fourth-order valence-electron chi connectivity index (χ4n) is 2.39. The van der Waals surface area contributed by atoms with Crippen LogP contribution in [0.5, 0.6) is 5.75 Å². The summed E-state index contributed by atoms with van der Waals surface area (Å²) in [7, 11) is 0. The van der Waals surface area contributed by atoms with Gasteiger partial charge in [0.15, 0.2) is 0 Å². The maximum Gasteiger partial charge on any atom is 0.122 e. The number of hydrogen-bond acceptors (Lipinski definition) is 3. The summed E-state index contributed by atoms with van der Waals surface area (Å²) in [4.78, 5) is 0. The van der Waals surface area contributed by atoms with Gasteiger partial charge in [-0.3, -0.25) is 0 Å². The number of aliphatic hydroxyl groups excluding tert-OH is 1. The number of ether oxygens (including phenoxy) is 1. The van der Waals surface area contributed by atoms with Gasteiger partial charge in [0, 0.05) is 6.04 Å². The number of nitrogens with two attached hydrogens (primary N) is 1. The molecule has 3 heteroatoms. The highest BCUT2D eigenvalue weighted by Crippen LogP contribution is 2.34. The second kappa shape index (κ2) is 7.28. The van der Waals surface area contributed by atoms with Crippen LogP contribution in [0.15, 0.2) is 18.2 Å². The fourth-order valence-corrected chi connectivity index (χ4v) is 2.39. The van der Waals surface area contributed by atoms with Gasteiger partial charge in [-0.2, -0.15) is 0 Å². The third kappa shape index (κ3) is 5.01. The molecule has 21 heavy (non-hydrogen) atoms. The lowest BCUT2D eigenvalue weighted by Crippen LogP contribution is -2.32. The zero-order valence-corrected chi connectivity index (χ0v) is 14.3. The van der Waals surface area contributed by atoms with Crippen molar-refractivity contribution in [1.29, 1.82) is 0 Å². The first-order chi connectivity index (χ1) is 9.66. The van der Waals surface area contributed by atoms with E-state index in [4.69, 9.17) is 10.5 Å². The van der Waals surface area contributed by atoms with Crippen LogP contribution >= 0.6 is 0 Å². The zero-order valence-electron chi connectivity index (χ0n) is 14.3. The molecule has 1 aromatic rings. The molecule has 0 bridgehead atoms. The summed E-state index contributed by atoms with van der Waals surface area (Å²) >= 11 is 0. The molecule has 3 N–H and O–H groups in total. The average Bonchev–Trinajstić information content (AvgIpc) is 2.37. The van der Waals surface area contributed by atoms with Crippen molar-refractivity contribution in [1.82, 2.24) is 0 Å². The summed E-state index contributed by atoms with van der Waals surface area (Å²) in [5.41, 5.74) is 8.31. The number of aliphatic hydroxyl groups is 1. The Kier molecular flexibility index (Phi) is 6.24. The normalized spacial score (nSPS) is 16.4. The molecule has 3 unspecified atom stereocenters. The Morgan fingerprint density at radius 3 is 2.33 bits per heavy atom. The van der Waals surface area contributed by atoms with Gasteiger partial charge in [-0.1, -0.05) is 39.8 Å². The first kappa shape index (κ1) is 18.0. The minimum atomic E-state index is -0.493. The van der Waals surface area contributed by atoms with Crippen LogP contribution in [0, 0.1) is 0 Å². The van der Waals surface area contributed by atoms with Crippen LogP contribution in [-0.2, 0) is 5.41 Å². The van der Waals surface area contributed by atoms with Gasteiger partial charge >= 0.3 is 0 Å². The van der Waals surface area contributed by atoms with E-state index in [1.165, 1.54) is 5.56 Å². The van der Waals surface area contributed by atoms with Crippen molar-refractivity contribution >= 4 is 0 Å². The highest BCUT2D eigenvalue weighted by molar-refractivity contribution is 5.41. The molecular formula is C18H31NO2. The van der Waals surface area contributed by atoms with E-state index >= 15 is 0 Å². The molecule has 0 saturated heterocycles. The zero-order chi connectivity index (χ0) is 16.2. The molecule has 0 amide bonds. The van der Waals surface area contributed by atoms with Gasteiger partial charge in [0.25, 0.3) is 0 Å². The maximum atomic E-state index is 10.0. The van der Waals surface area contributed by atoms with Crippen molar-refractivity contribution in [3.05, 3.63) is 29.3 Å². The second-order valence-corrected chi connectivity index (χ2v) is 7.00. The fraction of sp³-hybridized carbons (Fsp3) is 0.667. The smallest absolute Gasteiger partial charge is 0.122 e. The van der Waals surface area contributed by atoms with E-state index in [1.54, 1.807) is 0 Å². The van der Waals surface area contributed by atoms with E-state index in [1.807, 2.05) is 19.9 Å². The molecule has 3 nitrogen and oxygen atoms in total. The summed E-state index contributed by atoms with van der Waals surface area (Å²) < 4.78 is 5.75. The molecule has 0 heterocycles.